The number of methoxy groups -OCH3 is 2. The molecule has 70 heavy (non-hydrogen) atoms. The van der Waals surface area contributed by atoms with Gasteiger partial charge in [0.1, 0.15) is 23.7 Å². The Balaban J connectivity index is 1.66. The summed E-state index contributed by atoms with van der Waals surface area (Å²) < 4.78 is 48.8. The number of carbonyl (C=O) groups is 5. The van der Waals surface area contributed by atoms with E-state index in [2.05, 4.69) is 0 Å². The number of carbonyl (C=O) groups excluding carboxylic acids is 5. The lowest BCUT2D eigenvalue weighted by Crippen LogP contribution is -2.61. The molecule has 396 valence electrons. The van der Waals surface area contributed by atoms with E-state index < -0.39 is 79.4 Å². The molecule has 3 fully saturated rings. The maximum atomic E-state index is 14.5. The Morgan fingerprint density at radius 1 is 0.871 bits per heavy atom. The molecule has 0 aromatic heterocycles. The van der Waals surface area contributed by atoms with Gasteiger partial charge in [-0.2, -0.15) is 0 Å². The molecule has 1 aliphatic carbocycles. The largest absolute Gasteiger partial charge is 0.460 e. The van der Waals surface area contributed by atoms with Gasteiger partial charge in [0.15, 0.2) is 0 Å². The smallest absolute Gasteiger partial charge is 0.329 e. The third-order valence-electron chi connectivity index (χ3n) is 15.0. The van der Waals surface area contributed by atoms with E-state index in [-0.39, 0.29) is 67.1 Å². The topological polar surface area (TPSA) is 201 Å². The quantitative estimate of drug-likeness (QED) is 0.0910. The van der Waals surface area contributed by atoms with Crippen LogP contribution in [0.3, 0.4) is 0 Å². The molecule has 0 radical (unpaired) electrons. The van der Waals surface area contributed by atoms with Crippen molar-refractivity contribution in [1.29, 1.82) is 0 Å². The highest BCUT2D eigenvalue weighted by atomic mass is 31.2. The molecule has 2 saturated heterocycles. The average Bonchev–Trinajstić information content (AvgIpc) is 3.32. The predicted octanol–water partition coefficient (Wildman–Crippen LogP) is 8.83. The third kappa shape index (κ3) is 17.0. The van der Waals surface area contributed by atoms with Crippen molar-refractivity contribution in [3.8, 4) is 0 Å². The van der Waals surface area contributed by atoms with Crippen molar-refractivity contribution in [2.75, 3.05) is 34.0 Å². The molecule has 0 aromatic rings. The van der Waals surface area contributed by atoms with Crippen LogP contribution in [0.15, 0.2) is 47.6 Å². The standard InChI is InChI=1S/C54H86NO14P/c1-12-26-66-70(11,63)69-47-24-22-41(30-50(47)65-10)29-39(7)49-33-46(58)38(6)28-37(5)45(57)32-44(56)36(4)27-34(2)18-14-13-15-19-35(3)48(64-9)31-42-23-21-40(8)54(62,68-42)51(59)52(60)55-25-17-16-20-43(55)53(61)67-49/h13-15,18-19,28,34,36,38-43,45,47-50,57,62H,12,16-17,20-27,29-33H2,1-11H3/b15-13+,18-14+,35-19+,37-28+/t34-,36-,38-,39-,40-,41?,42+,43?,45+,47-,48+,49+,50-,54?,70?/m1/s1. The zero-order valence-corrected chi connectivity index (χ0v) is 44.9. The van der Waals surface area contributed by atoms with Crippen molar-refractivity contribution in [3.05, 3.63) is 47.6 Å². The second-order valence-electron chi connectivity index (χ2n) is 21.0. The zero-order valence-electron chi connectivity index (χ0n) is 44.0. The lowest BCUT2D eigenvalue weighted by Gasteiger charge is -2.42. The number of amides is 1. The highest BCUT2D eigenvalue weighted by Gasteiger charge is 2.53. The summed E-state index contributed by atoms with van der Waals surface area (Å²) in [5, 5.41) is 23.2. The van der Waals surface area contributed by atoms with Crippen LogP contribution in [0.5, 0.6) is 0 Å². The van der Waals surface area contributed by atoms with Crippen LogP contribution in [0.2, 0.25) is 0 Å². The van der Waals surface area contributed by atoms with Gasteiger partial charge in [-0.3, -0.25) is 23.7 Å². The van der Waals surface area contributed by atoms with Crippen molar-refractivity contribution < 1.29 is 66.7 Å². The van der Waals surface area contributed by atoms with E-state index in [0.717, 1.165) is 5.57 Å². The van der Waals surface area contributed by atoms with Crippen LogP contribution >= 0.6 is 7.60 Å². The molecule has 3 heterocycles. The molecule has 16 heteroatoms. The Morgan fingerprint density at radius 3 is 2.29 bits per heavy atom. The average molecular weight is 1000 g/mol. The number of cyclic esters (lactones) is 1. The molecule has 3 aliphatic heterocycles. The molecule has 4 unspecified atom stereocenters. The van der Waals surface area contributed by atoms with Crippen molar-refractivity contribution in [3.63, 3.8) is 0 Å². The summed E-state index contributed by atoms with van der Waals surface area (Å²) in [5.74, 6) is -7.66. The number of hydrogen-bond acceptors (Lipinski definition) is 14. The highest BCUT2D eigenvalue weighted by molar-refractivity contribution is 7.53. The summed E-state index contributed by atoms with van der Waals surface area (Å²) in [7, 11) is -0.156. The fraction of sp³-hybridized carbons (Fsp3) is 0.759. The van der Waals surface area contributed by atoms with Crippen LogP contribution < -0.4 is 0 Å². The minimum atomic E-state index is -3.32. The van der Waals surface area contributed by atoms with E-state index in [0.29, 0.717) is 82.8 Å². The van der Waals surface area contributed by atoms with Gasteiger partial charge in [0.05, 0.1) is 37.1 Å². The number of esters is 1. The molecule has 1 amide bonds. The van der Waals surface area contributed by atoms with Crippen molar-refractivity contribution >= 4 is 36.8 Å². The van der Waals surface area contributed by atoms with Crippen LogP contribution in [0.25, 0.3) is 0 Å². The molecule has 0 aromatic carbocycles. The Hall–Kier alpha value is -3.14. The molecule has 4 aliphatic rings. The molecular weight excluding hydrogens is 918 g/mol. The van der Waals surface area contributed by atoms with E-state index in [1.807, 2.05) is 65.0 Å². The van der Waals surface area contributed by atoms with Gasteiger partial charge in [-0.15, -0.1) is 0 Å². The van der Waals surface area contributed by atoms with E-state index in [1.54, 1.807) is 41.1 Å². The number of rotatable bonds is 10. The van der Waals surface area contributed by atoms with Crippen LogP contribution in [0, 0.1) is 35.5 Å². The predicted molar refractivity (Wildman–Crippen MR) is 268 cm³/mol. The Kier molecular flexibility index (Phi) is 23.6. The molecule has 4 rings (SSSR count). The minimum Gasteiger partial charge on any atom is -0.460 e. The summed E-state index contributed by atoms with van der Waals surface area (Å²) in [6, 6.07) is -1.15. The van der Waals surface area contributed by atoms with Gasteiger partial charge in [-0.1, -0.05) is 78.0 Å². The maximum absolute atomic E-state index is 14.5. The second-order valence-corrected chi connectivity index (χ2v) is 23.0. The Bertz CT molecular complexity index is 1950. The first kappa shape index (κ1) is 59.4. The van der Waals surface area contributed by atoms with Crippen LogP contribution in [-0.2, 0) is 56.5 Å². The van der Waals surface area contributed by atoms with Crippen molar-refractivity contribution in [2.45, 2.75) is 194 Å². The van der Waals surface area contributed by atoms with Gasteiger partial charge >= 0.3 is 13.6 Å². The number of fused-ring (bicyclic) bond motifs is 3. The fourth-order valence-corrected chi connectivity index (χ4v) is 11.7. The molecular formula is C54H86NO14P. The van der Waals surface area contributed by atoms with Crippen LogP contribution in [-0.4, -0.2) is 127 Å². The minimum absolute atomic E-state index is 0.0630. The van der Waals surface area contributed by atoms with Gasteiger partial charge in [0.2, 0.25) is 5.79 Å². The number of nitrogens with zero attached hydrogens (tertiary/aromatic N) is 1. The number of hydrogen-bond donors (Lipinski definition) is 2. The monoisotopic (exact) mass is 1000 g/mol. The number of allylic oxidation sites excluding steroid dienone is 6. The summed E-state index contributed by atoms with van der Waals surface area (Å²) in [6.45, 7) is 16.6. The van der Waals surface area contributed by atoms with Gasteiger partial charge in [0.25, 0.3) is 11.7 Å². The van der Waals surface area contributed by atoms with Gasteiger partial charge in [-0.25, -0.2) is 4.79 Å². The molecule has 15 atom stereocenters. The van der Waals surface area contributed by atoms with Crippen molar-refractivity contribution in [2.24, 2.45) is 35.5 Å². The van der Waals surface area contributed by atoms with E-state index in [9.17, 15) is 38.8 Å². The first-order valence-electron chi connectivity index (χ1n) is 25.9. The fourth-order valence-electron chi connectivity index (χ4n) is 10.4. The van der Waals surface area contributed by atoms with Crippen LogP contribution in [0.1, 0.15) is 145 Å². The number of ether oxygens (including phenoxy) is 4. The summed E-state index contributed by atoms with van der Waals surface area (Å²) in [5.41, 5.74) is 1.37. The number of ketones is 3. The molecule has 1 saturated carbocycles. The van der Waals surface area contributed by atoms with Gasteiger partial charge in [-0.05, 0) is 113 Å². The Labute approximate surface area is 418 Å². The van der Waals surface area contributed by atoms with E-state index >= 15 is 0 Å². The zero-order chi connectivity index (χ0) is 51.9. The number of aliphatic hydroxyl groups is 2. The molecule has 15 nitrogen and oxygen atoms in total. The summed E-state index contributed by atoms with van der Waals surface area (Å²) >= 11 is 0. The summed E-state index contributed by atoms with van der Waals surface area (Å²) in [4.78, 5) is 71.8. The van der Waals surface area contributed by atoms with Crippen molar-refractivity contribution in [1.82, 2.24) is 4.90 Å². The lowest BCUT2D eigenvalue weighted by molar-refractivity contribution is -0.265. The van der Waals surface area contributed by atoms with Crippen LogP contribution in [0.4, 0.5) is 0 Å². The number of Topliss-reactive ketones (excluding diaryl/α,β-unsaturated/α-hetero) is 3. The normalized spacial score (nSPS) is 38.2. The Morgan fingerprint density at radius 2 is 1.60 bits per heavy atom. The lowest BCUT2D eigenvalue weighted by atomic mass is 9.78. The molecule has 2 bridgehead atoms. The SMILES string of the molecule is CCCOP(C)(=O)O[C@@H]1CCC(C[C@@H](C)[C@@H]2CC(=O)[C@H](C)/C=C(\C)[C@@H](O)CC(=O)[C@H](C)C[C@H](C)/C=C/C=C/C=C(\C)[C@@H](OC)C[C@@H]3CC[C@@H](C)C(O)(O3)C(=O)C(=O)N3CCCCC3C(=O)O2)C[C@H]1OC. The second kappa shape index (κ2) is 27.8. The van der Waals surface area contributed by atoms with Gasteiger partial charge < -0.3 is 43.1 Å². The maximum Gasteiger partial charge on any atom is 0.329 e. The first-order chi connectivity index (χ1) is 33.0. The summed E-state index contributed by atoms with van der Waals surface area (Å²) in [6.07, 6.45) is 13.3. The number of piperidine rings is 1. The van der Waals surface area contributed by atoms with Gasteiger partial charge in [0, 0.05) is 64.4 Å². The third-order valence-corrected chi connectivity index (χ3v) is 16.3. The van der Waals surface area contributed by atoms with E-state index in [4.69, 9.17) is 28.0 Å². The molecule has 2 N–H and O–H groups in total. The highest BCUT2D eigenvalue weighted by Crippen LogP contribution is 2.49. The van der Waals surface area contributed by atoms with E-state index in [1.165, 1.54) is 11.6 Å². The molecule has 0 spiro atoms. The first-order valence-corrected chi connectivity index (χ1v) is 27.9. The number of aliphatic hydroxyl groups excluding tert-OH is 1.